The van der Waals surface area contributed by atoms with E-state index in [1.54, 1.807) is 0 Å². The van der Waals surface area contributed by atoms with Crippen molar-refractivity contribution in [3.8, 4) is 5.75 Å². The molecule has 2 heterocycles. The van der Waals surface area contributed by atoms with Crippen LogP contribution < -0.4 is 10.1 Å². The second-order valence-corrected chi connectivity index (χ2v) is 5.79. The number of aryl methyl sites for hydroxylation is 1. The Balaban J connectivity index is 1.62. The number of fused-ring (bicyclic) bond motifs is 1. The van der Waals surface area contributed by atoms with Crippen LogP contribution in [0, 0.1) is 6.92 Å². The number of likely N-dealkylation sites (N-methyl/N-ethyl adjacent to an activating group) is 1. The van der Waals surface area contributed by atoms with Gasteiger partial charge >= 0.3 is 0 Å². The van der Waals surface area contributed by atoms with Crippen LogP contribution >= 0.6 is 0 Å². The summed E-state index contributed by atoms with van der Waals surface area (Å²) < 4.78 is 6.09. The number of nitrogens with zero attached hydrogens (tertiary/aromatic N) is 1. The van der Waals surface area contributed by atoms with Gasteiger partial charge in [-0.3, -0.25) is 4.90 Å². The van der Waals surface area contributed by atoms with Gasteiger partial charge in [0.15, 0.2) is 0 Å². The normalized spacial score (nSPS) is 25.6. The highest BCUT2D eigenvalue weighted by Crippen LogP contribution is 2.30. The fourth-order valence-corrected chi connectivity index (χ4v) is 3.30. The van der Waals surface area contributed by atoms with E-state index in [4.69, 9.17) is 4.74 Å². The average Bonchev–Trinajstić information content (AvgIpc) is 3.04. The highest BCUT2D eigenvalue weighted by atomic mass is 16.5. The summed E-state index contributed by atoms with van der Waals surface area (Å²) in [6, 6.07) is 7.22. The van der Waals surface area contributed by atoms with Gasteiger partial charge in [-0.25, -0.2) is 0 Å². The van der Waals surface area contributed by atoms with E-state index in [0.717, 1.165) is 38.3 Å². The van der Waals surface area contributed by atoms with Gasteiger partial charge in [0.25, 0.3) is 0 Å². The van der Waals surface area contributed by atoms with Gasteiger partial charge in [0.2, 0.25) is 0 Å². The predicted molar refractivity (Wildman–Crippen MR) is 77.8 cm³/mol. The van der Waals surface area contributed by atoms with Crippen LogP contribution in [0.5, 0.6) is 5.75 Å². The summed E-state index contributed by atoms with van der Waals surface area (Å²) in [7, 11) is 0. The van der Waals surface area contributed by atoms with Gasteiger partial charge in [-0.15, -0.1) is 0 Å². The number of benzene rings is 1. The monoisotopic (exact) mass is 260 g/mol. The van der Waals surface area contributed by atoms with E-state index in [1.807, 2.05) is 0 Å². The largest absolute Gasteiger partial charge is 0.488 e. The fraction of sp³-hybridized carbons (Fsp3) is 0.625. The zero-order chi connectivity index (χ0) is 13.2. The van der Waals surface area contributed by atoms with Crippen molar-refractivity contribution in [2.45, 2.75) is 38.8 Å². The molecule has 0 spiro atoms. The molecule has 19 heavy (non-hydrogen) atoms. The summed E-state index contributed by atoms with van der Waals surface area (Å²) in [6.07, 6.45) is 2.66. The Morgan fingerprint density at radius 3 is 3.05 bits per heavy atom. The molecule has 3 heteroatoms. The minimum absolute atomic E-state index is 0.331. The van der Waals surface area contributed by atoms with Crippen LogP contribution in [0.3, 0.4) is 0 Å². The predicted octanol–water partition coefficient (Wildman–Crippen LogP) is 1.98. The summed E-state index contributed by atoms with van der Waals surface area (Å²) in [5.41, 5.74) is 2.71. The molecule has 2 aliphatic rings. The van der Waals surface area contributed by atoms with Crippen molar-refractivity contribution < 1.29 is 4.74 Å². The van der Waals surface area contributed by atoms with E-state index >= 15 is 0 Å². The molecule has 3 nitrogen and oxygen atoms in total. The molecule has 1 fully saturated rings. The van der Waals surface area contributed by atoms with Crippen LogP contribution in [0.25, 0.3) is 0 Å². The zero-order valence-electron chi connectivity index (χ0n) is 12.0. The topological polar surface area (TPSA) is 24.5 Å². The van der Waals surface area contributed by atoms with Gasteiger partial charge in [0.1, 0.15) is 11.9 Å². The third-order valence-electron chi connectivity index (χ3n) is 4.35. The second kappa shape index (κ2) is 5.51. The Morgan fingerprint density at radius 1 is 1.42 bits per heavy atom. The number of rotatable bonds is 4. The number of hydrogen-bond acceptors (Lipinski definition) is 3. The lowest BCUT2D eigenvalue weighted by atomic mass is 10.1. The maximum atomic E-state index is 6.09. The molecule has 2 atom stereocenters. The van der Waals surface area contributed by atoms with Gasteiger partial charge in [0, 0.05) is 25.6 Å². The zero-order valence-corrected chi connectivity index (χ0v) is 12.0. The summed E-state index contributed by atoms with van der Waals surface area (Å²) >= 11 is 0. The van der Waals surface area contributed by atoms with Crippen LogP contribution in [0.15, 0.2) is 18.2 Å². The summed E-state index contributed by atoms with van der Waals surface area (Å²) in [5, 5.41) is 3.45. The summed E-state index contributed by atoms with van der Waals surface area (Å²) in [6.45, 7) is 8.86. The molecule has 2 aliphatic heterocycles. The van der Waals surface area contributed by atoms with E-state index in [9.17, 15) is 0 Å². The van der Waals surface area contributed by atoms with Crippen molar-refractivity contribution in [3.63, 3.8) is 0 Å². The smallest absolute Gasteiger partial charge is 0.123 e. The molecular formula is C16H24N2O. The molecule has 0 aliphatic carbocycles. The number of nitrogens with one attached hydrogen (secondary N) is 1. The third kappa shape index (κ3) is 2.77. The first-order chi connectivity index (χ1) is 9.26. The molecule has 0 saturated carbocycles. The van der Waals surface area contributed by atoms with E-state index < -0.39 is 0 Å². The maximum Gasteiger partial charge on any atom is 0.123 e. The van der Waals surface area contributed by atoms with E-state index in [2.05, 4.69) is 42.3 Å². The first kappa shape index (κ1) is 12.9. The molecule has 0 bridgehead atoms. The molecule has 3 rings (SSSR count). The first-order valence-corrected chi connectivity index (χ1v) is 7.47. The van der Waals surface area contributed by atoms with Crippen LogP contribution in [0.4, 0.5) is 0 Å². The van der Waals surface area contributed by atoms with Crippen LogP contribution in [-0.4, -0.2) is 43.2 Å². The number of ether oxygens (including phenoxy) is 1. The molecule has 104 valence electrons. The average molecular weight is 260 g/mol. The molecule has 0 amide bonds. The lowest BCUT2D eigenvalue weighted by molar-refractivity contribution is 0.126. The van der Waals surface area contributed by atoms with Gasteiger partial charge in [-0.05, 0) is 38.1 Å². The molecule has 0 radical (unpaired) electrons. The highest BCUT2D eigenvalue weighted by molar-refractivity contribution is 5.40. The van der Waals surface area contributed by atoms with Crippen molar-refractivity contribution in [2.24, 2.45) is 0 Å². The van der Waals surface area contributed by atoms with Crippen LogP contribution in [-0.2, 0) is 6.42 Å². The lowest BCUT2D eigenvalue weighted by Gasteiger charge is -2.29. The Morgan fingerprint density at radius 2 is 2.32 bits per heavy atom. The molecule has 1 aromatic rings. The van der Waals surface area contributed by atoms with E-state index in [0.29, 0.717) is 12.1 Å². The second-order valence-electron chi connectivity index (χ2n) is 5.79. The van der Waals surface area contributed by atoms with Crippen molar-refractivity contribution in [3.05, 3.63) is 29.3 Å². The Kier molecular flexibility index (Phi) is 3.76. The van der Waals surface area contributed by atoms with Gasteiger partial charge in [-0.1, -0.05) is 24.6 Å². The number of hydrogen-bond donors (Lipinski definition) is 1. The summed E-state index contributed by atoms with van der Waals surface area (Å²) in [4.78, 5) is 2.57. The lowest BCUT2D eigenvalue weighted by Crippen LogP contribution is -2.42. The molecular weight excluding hydrogens is 236 g/mol. The minimum atomic E-state index is 0.331. The Labute approximate surface area is 115 Å². The molecule has 1 N–H and O–H groups in total. The van der Waals surface area contributed by atoms with Crippen molar-refractivity contribution in [2.75, 3.05) is 26.2 Å². The minimum Gasteiger partial charge on any atom is -0.488 e. The van der Waals surface area contributed by atoms with E-state index in [1.165, 1.54) is 17.5 Å². The molecule has 1 aromatic carbocycles. The molecule has 2 unspecified atom stereocenters. The van der Waals surface area contributed by atoms with Crippen molar-refractivity contribution in [1.29, 1.82) is 0 Å². The van der Waals surface area contributed by atoms with Gasteiger partial charge in [-0.2, -0.15) is 0 Å². The Bertz CT molecular complexity index is 440. The van der Waals surface area contributed by atoms with Crippen molar-refractivity contribution in [1.82, 2.24) is 10.2 Å². The first-order valence-electron chi connectivity index (χ1n) is 7.47. The molecule has 0 aromatic heterocycles. The SMILES string of the molecule is CCN(CC1Cc2cc(C)ccc2O1)C1CCNC1. The van der Waals surface area contributed by atoms with Crippen molar-refractivity contribution >= 4 is 0 Å². The summed E-state index contributed by atoms with van der Waals surface area (Å²) in [5.74, 6) is 1.09. The van der Waals surface area contributed by atoms with E-state index in [-0.39, 0.29) is 0 Å². The third-order valence-corrected chi connectivity index (χ3v) is 4.35. The maximum absolute atomic E-state index is 6.09. The van der Waals surface area contributed by atoms with Gasteiger partial charge < -0.3 is 10.1 Å². The highest BCUT2D eigenvalue weighted by Gasteiger charge is 2.28. The van der Waals surface area contributed by atoms with Crippen LogP contribution in [0.1, 0.15) is 24.5 Å². The quantitative estimate of drug-likeness (QED) is 0.896. The van der Waals surface area contributed by atoms with Gasteiger partial charge in [0.05, 0.1) is 0 Å². The fourth-order valence-electron chi connectivity index (χ4n) is 3.30. The molecule has 1 saturated heterocycles. The standard InChI is InChI=1S/C16H24N2O/c1-3-18(14-6-7-17-10-14)11-15-9-13-8-12(2)4-5-16(13)19-15/h4-5,8,14-15,17H,3,6-7,9-11H2,1-2H3. The Hall–Kier alpha value is -1.06. The van der Waals surface area contributed by atoms with Crippen LogP contribution in [0.2, 0.25) is 0 Å².